The van der Waals surface area contributed by atoms with Crippen LogP contribution in [0.15, 0.2) is 12.3 Å². The second-order valence-corrected chi connectivity index (χ2v) is 4.34. The summed E-state index contributed by atoms with van der Waals surface area (Å²) in [5, 5.41) is 3.21. The quantitative estimate of drug-likeness (QED) is 0.783. The Morgan fingerprint density at radius 1 is 1.40 bits per heavy atom. The summed E-state index contributed by atoms with van der Waals surface area (Å²) in [6.45, 7) is 6.19. The second-order valence-electron chi connectivity index (χ2n) is 4.34. The summed E-state index contributed by atoms with van der Waals surface area (Å²) in [7, 11) is 1.92. The third-order valence-electron chi connectivity index (χ3n) is 2.69. The first-order chi connectivity index (χ1) is 7.03. The summed E-state index contributed by atoms with van der Waals surface area (Å²) < 4.78 is 0. The molecule has 0 amide bonds. The second kappa shape index (κ2) is 3.31. The van der Waals surface area contributed by atoms with Gasteiger partial charge in [-0.25, -0.2) is 9.97 Å². The van der Waals surface area contributed by atoms with Gasteiger partial charge in [0, 0.05) is 6.20 Å². The van der Waals surface area contributed by atoms with Gasteiger partial charge in [0.2, 0.25) is 0 Å². The van der Waals surface area contributed by atoms with Crippen LogP contribution in [0.1, 0.15) is 25.2 Å². The molecule has 0 saturated carbocycles. The van der Waals surface area contributed by atoms with Crippen molar-refractivity contribution in [3.8, 4) is 0 Å². The number of H-pyrrole nitrogens is 1. The van der Waals surface area contributed by atoms with Crippen LogP contribution >= 0.6 is 0 Å². The first kappa shape index (κ1) is 10.1. The lowest BCUT2D eigenvalue weighted by molar-refractivity contribution is 0.421. The molecule has 0 radical (unpaired) electrons. The van der Waals surface area contributed by atoms with Crippen LogP contribution < -0.4 is 5.32 Å². The van der Waals surface area contributed by atoms with Crippen LogP contribution in [0.5, 0.6) is 0 Å². The molecule has 0 saturated heterocycles. The molecule has 4 heteroatoms. The zero-order chi connectivity index (χ0) is 11.1. The lowest BCUT2D eigenvalue weighted by atomic mass is 10.1. The molecule has 0 unspecified atom stereocenters. The number of fused-ring (bicyclic) bond motifs is 1. The molecule has 15 heavy (non-hydrogen) atoms. The molecular formula is C11H16N4. The highest BCUT2D eigenvalue weighted by Crippen LogP contribution is 2.19. The molecule has 0 spiro atoms. The smallest absolute Gasteiger partial charge is 0.177 e. The van der Waals surface area contributed by atoms with E-state index in [1.807, 2.05) is 20.2 Å². The monoisotopic (exact) mass is 204 g/mol. The van der Waals surface area contributed by atoms with E-state index in [9.17, 15) is 0 Å². The molecule has 2 aromatic heterocycles. The van der Waals surface area contributed by atoms with E-state index in [4.69, 9.17) is 0 Å². The number of aromatic amines is 1. The normalized spacial score (nSPS) is 12.3. The summed E-state index contributed by atoms with van der Waals surface area (Å²) >= 11 is 0. The first-order valence-corrected chi connectivity index (χ1v) is 5.05. The fraction of sp³-hybridized carbons (Fsp3) is 0.455. The summed E-state index contributed by atoms with van der Waals surface area (Å²) in [6.07, 6.45) is 1.83. The van der Waals surface area contributed by atoms with E-state index in [2.05, 4.69) is 40.2 Å². The van der Waals surface area contributed by atoms with Crippen LogP contribution in [0.25, 0.3) is 11.2 Å². The highest BCUT2D eigenvalue weighted by Gasteiger charge is 2.22. The maximum absolute atomic E-state index is 4.47. The predicted molar refractivity (Wildman–Crippen MR) is 60.7 cm³/mol. The molecule has 0 fully saturated rings. The number of aromatic nitrogens is 3. The highest BCUT2D eigenvalue weighted by molar-refractivity contribution is 5.71. The number of pyridine rings is 1. The predicted octanol–water partition coefficient (Wildman–Crippen LogP) is 1.72. The molecule has 0 aliphatic carbocycles. The minimum atomic E-state index is -0.158. The molecule has 4 nitrogen and oxygen atoms in total. The van der Waals surface area contributed by atoms with Gasteiger partial charge >= 0.3 is 0 Å². The van der Waals surface area contributed by atoms with E-state index in [0.29, 0.717) is 0 Å². The van der Waals surface area contributed by atoms with Gasteiger partial charge in [-0.2, -0.15) is 0 Å². The number of imidazole rings is 1. The summed E-state index contributed by atoms with van der Waals surface area (Å²) in [5.74, 6) is 0.915. The molecule has 0 aliphatic heterocycles. The molecule has 0 aromatic carbocycles. The van der Waals surface area contributed by atoms with Crippen molar-refractivity contribution < 1.29 is 0 Å². The van der Waals surface area contributed by atoms with Crippen molar-refractivity contribution in [2.24, 2.45) is 0 Å². The van der Waals surface area contributed by atoms with Crippen molar-refractivity contribution in [1.29, 1.82) is 0 Å². The number of hydrogen-bond donors (Lipinski definition) is 2. The first-order valence-electron chi connectivity index (χ1n) is 5.05. The number of rotatable bonds is 2. The van der Waals surface area contributed by atoms with Crippen LogP contribution in [0, 0.1) is 6.92 Å². The molecule has 2 rings (SSSR count). The maximum Gasteiger partial charge on any atom is 0.177 e. The van der Waals surface area contributed by atoms with Crippen molar-refractivity contribution in [3.05, 3.63) is 23.7 Å². The van der Waals surface area contributed by atoms with Crippen LogP contribution in [0.4, 0.5) is 0 Å². The third-order valence-corrected chi connectivity index (χ3v) is 2.69. The number of nitrogens with zero attached hydrogens (tertiary/aromatic N) is 2. The molecule has 0 atom stereocenters. The minimum Gasteiger partial charge on any atom is -0.339 e. The van der Waals surface area contributed by atoms with Crippen LogP contribution in [0.3, 0.4) is 0 Å². The molecule has 2 aromatic rings. The van der Waals surface area contributed by atoms with Crippen LogP contribution in [0.2, 0.25) is 0 Å². The fourth-order valence-corrected chi connectivity index (χ4v) is 1.42. The van der Waals surface area contributed by atoms with E-state index in [-0.39, 0.29) is 5.54 Å². The highest BCUT2D eigenvalue weighted by atomic mass is 15.1. The molecule has 0 bridgehead atoms. The van der Waals surface area contributed by atoms with E-state index in [1.165, 1.54) is 0 Å². The van der Waals surface area contributed by atoms with Crippen LogP contribution in [-0.2, 0) is 5.54 Å². The Morgan fingerprint density at radius 2 is 2.13 bits per heavy atom. The minimum absolute atomic E-state index is 0.158. The van der Waals surface area contributed by atoms with Crippen molar-refractivity contribution in [1.82, 2.24) is 20.3 Å². The molecule has 0 aliphatic rings. The average Bonchev–Trinajstić information content (AvgIpc) is 2.61. The van der Waals surface area contributed by atoms with Gasteiger partial charge in [-0.3, -0.25) is 0 Å². The topological polar surface area (TPSA) is 53.6 Å². The van der Waals surface area contributed by atoms with E-state index in [1.54, 1.807) is 0 Å². The number of aryl methyl sites for hydroxylation is 1. The van der Waals surface area contributed by atoms with Gasteiger partial charge in [-0.15, -0.1) is 0 Å². The number of hydrogen-bond acceptors (Lipinski definition) is 3. The Morgan fingerprint density at radius 3 is 2.80 bits per heavy atom. The Labute approximate surface area is 89.1 Å². The Hall–Kier alpha value is -1.42. The van der Waals surface area contributed by atoms with E-state index < -0.39 is 0 Å². The van der Waals surface area contributed by atoms with Gasteiger partial charge in [0.15, 0.2) is 5.65 Å². The zero-order valence-electron chi connectivity index (χ0n) is 9.55. The molecule has 80 valence electrons. The average molecular weight is 204 g/mol. The van der Waals surface area contributed by atoms with Gasteiger partial charge < -0.3 is 10.3 Å². The lowest BCUT2D eigenvalue weighted by Gasteiger charge is -2.20. The summed E-state index contributed by atoms with van der Waals surface area (Å²) in [4.78, 5) is 12.0. The SMILES string of the molecule is CNC(C)(C)c1nc2ncc(C)cc2[nH]1. The summed E-state index contributed by atoms with van der Waals surface area (Å²) in [5.41, 5.74) is 2.75. The fourth-order valence-electron chi connectivity index (χ4n) is 1.42. The van der Waals surface area contributed by atoms with Gasteiger partial charge in [0.05, 0.1) is 11.1 Å². The Balaban J connectivity index is 2.56. The van der Waals surface area contributed by atoms with Crippen LogP contribution in [-0.4, -0.2) is 22.0 Å². The van der Waals surface area contributed by atoms with Crippen molar-refractivity contribution in [3.63, 3.8) is 0 Å². The lowest BCUT2D eigenvalue weighted by Crippen LogP contribution is -2.34. The Kier molecular flexibility index (Phi) is 2.23. The van der Waals surface area contributed by atoms with E-state index >= 15 is 0 Å². The van der Waals surface area contributed by atoms with Gasteiger partial charge in [-0.1, -0.05) is 0 Å². The van der Waals surface area contributed by atoms with Gasteiger partial charge in [0.1, 0.15) is 5.82 Å². The molecular weight excluding hydrogens is 188 g/mol. The van der Waals surface area contributed by atoms with Crippen molar-refractivity contribution in [2.45, 2.75) is 26.3 Å². The van der Waals surface area contributed by atoms with Crippen molar-refractivity contribution >= 4 is 11.2 Å². The standard InChI is InChI=1S/C11H16N4/c1-7-5-8-9(13-6-7)15-10(14-8)11(2,3)12-4/h5-6,12H,1-4H3,(H,13,14,15). The Bertz CT molecular complexity index is 484. The maximum atomic E-state index is 4.47. The zero-order valence-corrected chi connectivity index (χ0v) is 9.55. The largest absolute Gasteiger partial charge is 0.339 e. The third kappa shape index (κ3) is 1.72. The van der Waals surface area contributed by atoms with Gasteiger partial charge in [0.25, 0.3) is 0 Å². The summed E-state index contributed by atoms with van der Waals surface area (Å²) in [6, 6.07) is 2.06. The molecule has 2 heterocycles. The van der Waals surface area contributed by atoms with Crippen molar-refractivity contribution in [2.75, 3.05) is 7.05 Å². The van der Waals surface area contributed by atoms with Gasteiger partial charge in [-0.05, 0) is 39.4 Å². The van der Waals surface area contributed by atoms with E-state index in [0.717, 1.165) is 22.6 Å². The molecule has 2 N–H and O–H groups in total. The number of nitrogens with one attached hydrogen (secondary N) is 2.